The zero-order valence-corrected chi connectivity index (χ0v) is 14.1. The minimum atomic E-state index is -1.35. The number of carbonyl (C=O) groups excluding carboxylic acids is 1. The van der Waals surface area contributed by atoms with Gasteiger partial charge in [0, 0.05) is 0 Å². The molecule has 1 amide bonds. The van der Waals surface area contributed by atoms with Crippen LogP contribution in [0.2, 0.25) is 10.0 Å². The van der Waals surface area contributed by atoms with Crippen LogP contribution in [-0.2, 0) is 9.53 Å². The summed E-state index contributed by atoms with van der Waals surface area (Å²) in [5.74, 6) is -1.04. The molecule has 0 saturated carbocycles. The molecule has 0 aromatic heterocycles. The molecular weight excluding hydrogens is 333 g/mol. The number of alkyl carbamates (subject to hydrolysis) is 1. The molecule has 0 saturated heterocycles. The van der Waals surface area contributed by atoms with Crippen molar-refractivity contribution in [2.75, 3.05) is 7.11 Å². The quantitative estimate of drug-likeness (QED) is 0.866. The molecule has 1 atom stereocenters. The Balaban J connectivity index is 3.07. The van der Waals surface area contributed by atoms with E-state index in [0.717, 1.165) is 0 Å². The molecule has 0 aliphatic rings. The van der Waals surface area contributed by atoms with Gasteiger partial charge >= 0.3 is 12.1 Å². The Labute approximate surface area is 138 Å². The molecule has 6 nitrogen and oxygen atoms in total. The molecule has 2 N–H and O–H groups in total. The van der Waals surface area contributed by atoms with Crippen molar-refractivity contribution in [3.63, 3.8) is 0 Å². The molecule has 0 aliphatic heterocycles. The lowest BCUT2D eigenvalue weighted by Gasteiger charge is -2.22. The summed E-state index contributed by atoms with van der Waals surface area (Å²) in [6.07, 6.45) is -0.858. The van der Waals surface area contributed by atoms with Gasteiger partial charge in [0.1, 0.15) is 5.60 Å². The number of carboxylic acids is 1. The van der Waals surface area contributed by atoms with Crippen molar-refractivity contribution in [2.24, 2.45) is 0 Å². The molecule has 0 spiro atoms. The summed E-state index contributed by atoms with van der Waals surface area (Å²) in [6.45, 7) is 5.01. The number of benzene rings is 1. The standard InChI is InChI=1S/C14H17Cl2NO5/c1-14(2,3)22-13(20)17-10(12(18)19)7-5-8(15)11(21-4)9(16)6-7/h5-6,10H,1-4H3,(H,17,20)(H,18,19)/t10-/m0/s1. The highest BCUT2D eigenvalue weighted by atomic mass is 35.5. The topological polar surface area (TPSA) is 84.9 Å². The Morgan fingerprint density at radius 1 is 1.23 bits per heavy atom. The Kier molecular flexibility index (Phi) is 5.91. The maximum Gasteiger partial charge on any atom is 0.408 e. The van der Waals surface area contributed by atoms with E-state index in [4.69, 9.17) is 32.7 Å². The zero-order chi connectivity index (χ0) is 17.1. The second kappa shape index (κ2) is 7.07. The lowest BCUT2D eigenvalue weighted by Crippen LogP contribution is -2.38. The number of rotatable bonds is 4. The fourth-order valence-electron chi connectivity index (χ4n) is 1.65. The van der Waals surface area contributed by atoms with E-state index in [1.54, 1.807) is 20.8 Å². The third kappa shape index (κ3) is 4.96. The van der Waals surface area contributed by atoms with Crippen LogP contribution in [0, 0.1) is 0 Å². The predicted molar refractivity (Wildman–Crippen MR) is 82.8 cm³/mol. The maximum absolute atomic E-state index is 11.8. The summed E-state index contributed by atoms with van der Waals surface area (Å²) in [7, 11) is 1.39. The zero-order valence-electron chi connectivity index (χ0n) is 12.6. The van der Waals surface area contributed by atoms with Crippen LogP contribution in [0.1, 0.15) is 32.4 Å². The van der Waals surface area contributed by atoms with Crippen molar-refractivity contribution in [3.05, 3.63) is 27.7 Å². The molecule has 1 aromatic rings. The fraction of sp³-hybridized carbons (Fsp3) is 0.429. The summed E-state index contributed by atoms with van der Waals surface area (Å²) in [6, 6.07) is 1.38. The molecule has 8 heteroatoms. The highest BCUT2D eigenvalue weighted by Gasteiger charge is 2.27. The third-order valence-electron chi connectivity index (χ3n) is 2.47. The minimum absolute atomic E-state index is 0.141. The van der Waals surface area contributed by atoms with Crippen molar-refractivity contribution >= 4 is 35.3 Å². The van der Waals surface area contributed by atoms with E-state index < -0.39 is 23.7 Å². The van der Waals surface area contributed by atoms with Crippen LogP contribution in [0.25, 0.3) is 0 Å². The molecule has 1 aromatic carbocycles. The Morgan fingerprint density at radius 3 is 2.09 bits per heavy atom. The van der Waals surface area contributed by atoms with Crippen LogP contribution in [0.3, 0.4) is 0 Å². The third-order valence-corrected chi connectivity index (χ3v) is 3.03. The van der Waals surface area contributed by atoms with E-state index in [9.17, 15) is 14.7 Å². The van der Waals surface area contributed by atoms with Crippen LogP contribution >= 0.6 is 23.2 Å². The van der Waals surface area contributed by atoms with Crippen LogP contribution in [-0.4, -0.2) is 29.9 Å². The molecule has 1 rings (SSSR count). The number of nitrogens with one attached hydrogen (secondary N) is 1. The Bertz CT molecular complexity index is 560. The van der Waals surface area contributed by atoms with Crippen LogP contribution in [0.4, 0.5) is 4.79 Å². The first-order chi connectivity index (χ1) is 10.0. The van der Waals surface area contributed by atoms with Gasteiger partial charge in [0.05, 0.1) is 17.2 Å². The molecule has 0 unspecified atom stereocenters. The van der Waals surface area contributed by atoms with E-state index in [2.05, 4.69) is 5.32 Å². The van der Waals surface area contributed by atoms with Crippen molar-refractivity contribution in [1.82, 2.24) is 5.32 Å². The number of carbonyl (C=O) groups is 2. The van der Waals surface area contributed by atoms with Gasteiger partial charge < -0.3 is 19.9 Å². The van der Waals surface area contributed by atoms with Gasteiger partial charge in [0.25, 0.3) is 0 Å². The summed E-state index contributed by atoms with van der Waals surface area (Å²) in [5.41, 5.74) is -0.545. The van der Waals surface area contributed by atoms with Gasteiger partial charge in [0.2, 0.25) is 0 Å². The first kappa shape index (κ1) is 18.4. The van der Waals surface area contributed by atoms with Gasteiger partial charge in [-0.2, -0.15) is 0 Å². The molecule has 0 aliphatic carbocycles. The monoisotopic (exact) mass is 349 g/mol. The van der Waals surface area contributed by atoms with Gasteiger partial charge in [-0.3, -0.25) is 0 Å². The van der Waals surface area contributed by atoms with E-state index in [1.807, 2.05) is 0 Å². The van der Waals surface area contributed by atoms with Crippen LogP contribution < -0.4 is 10.1 Å². The number of carboxylic acid groups (broad SMARTS) is 1. The SMILES string of the molecule is COc1c(Cl)cc([C@H](NC(=O)OC(C)(C)C)C(=O)O)cc1Cl. The molecular formula is C14H17Cl2NO5. The first-order valence-electron chi connectivity index (χ1n) is 6.30. The Hall–Kier alpha value is -1.66. The molecule has 122 valence electrons. The average Bonchev–Trinajstić information content (AvgIpc) is 2.33. The minimum Gasteiger partial charge on any atom is -0.494 e. The average molecular weight is 350 g/mol. The number of methoxy groups -OCH3 is 1. The second-order valence-electron chi connectivity index (χ2n) is 5.44. The second-order valence-corrected chi connectivity index (χ2v) is 6.25. The fourth-order valence-corrected chi connectivity index (χ4v) is 2.31. The number of aliphatic carboxylic acids is 1. The van der Waals surface area contributed by atoms with Crippen molar-refractivity contribution in [3.8, 4) is 5.75 Å². The van der Waals surface area contributed by atoms with E-state index in [0.29, 0.717) is 0 Å². The number of ether oxygens (including phenoxy) is 2. The number of hydrogen-bond acceptors (Lipinski definition) is 4. The highest BCUT2D eigenvalue weighted by molar-refractivity contribution is 6.37. The summed E-state index contributed by atoms with van der Waals surface area (Å²) >= 11 is 12.0. The lowest BCUT2D eigenvalue weighted by atomic mass is 10.1. The molecule has 22 heavy (non-hydrogen) atoms. The smallest absolute Gasteiger partial charge is 0.408 e. The van der Waals surface area contributed by atoms with Gasteiger partial charge in [0.15, 0.2) is 11.8 Å². The van der Waals surface area contributed by atoms with Crippen molar-refractivity contribution in [2.45, 2.75) is 32.4 Å². The normalized spacial score (nSPS) is 12.5. The van der Waals surface area contributed by atoms with E-state index in [-0.39, 0.29) is 21.4 Å². The van der Waals surface area contributed by atoms with Crippen LogP contribution in [0.15, 0.2) is 12.1 Å². The van der Waals surface area contributed by atoms with Gasteiger partial charge in [-0.15, -0.1) is 0 Å². The van der Waals surface area contributed by atoms with E-state index >= 15 is 0 Å². The van der Waals surface area contributed by atoms with Crippen molar-refractivity contribution in [1.29, 1.82) is 0 Å². The maximum atomic E-state index is 11.8. The van der Waals surface area contributed by atoms with Gasteiger partial charge in [-0.1, -0.05) is 23.2 Å². The molecule has 0 fully saturated rings. The lowest BCUT2D eigenvalue weighted by molar-refractivity contribution is -0.139. The van der Waals surface area contributed by atoms with E-state index in [1.165, 1.54) is 19.2 Å². The summed E-state index contributed by atoms with van der Waals surface area (Å²) in [4.78, 5) is 23.1. The number of hydrogen-bond donors (Lipinski definition) is 2. The number of halogens is 2. The van der Waals surface area contributed by atoms with Gasteiger partial charge in [-0.25, -0.2) is 9.59 Å². The molecule has 0 heterocycles. The molecule has 0 radical (unpaired) electrons. The first-order valence-corrected chi connectivity index (χ1v) is 7.06. The summed E-state index contributed by atoms with van der Waals surface area (Å²) in [5, 5.41) is 11.8. The molecule has 0 bridgehead atoms. The Morgan fingerprint density at radius 2 is 1.73 bits per heavy atom. The highest BCUT2D eigenvalue weighted by Crippen LogP contribution is 2.35. The summed E-state index contributed by atoms with van der Waals surface area (Å²) < 4.78 is 10.0. The van der Waals surface area contributed by atoms with Crippen LogP contribution in [0.5, 0.6) is 5.75 Å². The van der Waals surface area contributed by atoms with Gasteiger partial charge in [-0.05, 0) is 38.5 Å². The van der Waals surface area contributed by atoms with Crippen molar-refractivity contribution < 1.29 is 24.2 Å². The largest absolute Gasteiger partial charge is 0.494 e. The number of amides is 1. The predicted octanol–water partition coefficient (Wildman–Crippen LogP) is 3.65.